The lowest BCUT2D eigenvalue weighted by atomic mass is 9.95. The number of carbonyl (C=O) groups excluding carboxylic acids is 3. The molecule has 1 aromatic rings. The van der Waals surface area contributed by atoms with Crippen molar-refractivity contribution in [2.24, 2.45) is 0 Å². The molecule has 3 atom stereocenters. The minimum absolute atomic E-state index is 0.0326. The monoisotopic (exact) mass is 493 g/mol. The summed E-state index contributed by atoms with van der Waals surface area (Å²) in [4.78, 5) is 41.3. The Labute approximate surface area is 210 Å². The number of carbonyl (C=O) groups is 3. The summed E-state index contributed by atoms with van der Waals surface area (Å²) in [5, 5.41) is 5.71. The van der Waals surface area contributed by atoms with Crippen molar-refractivity contribution in [3.05, 3.63) is 34.9 Å². The van der Waals surface area contributed by atoms with E-state index in [9.17, 15) is 14.4 Å². The molecule has 192 valence electrons. The van der Waals surface area contributed by atoms with Gasteiger partial charge >= 0.3 is 6.09 Å². The molecule has 34 heavy (non-hydrogen) atoms. The summed E-state index contributed by atoms with van der Waals surface area (Å²) in [5.41, 5.74) is 1.96. The fourth-order valence-corrected chi connectivity index (χ4v) is 4.04. The minimum atomic E-state index is -0.950. The summed E-state index contributed by atoms with van der Waals surface area (Å²) in [7, 11) is 0. The molecule has 0 spiro atoms. The van der Waals surface area contributed by atoms with E-state index in [1.165, 1.54) is 0 Å². The van der Waals surface area contributed by atoms with Gasteiger partial charge in [-0.1, -0.05) is 37.1 Å². The van der Waals surface area contributed by atoms with Crippen molar-refractivity contribution in [2.75, 3.05) is 5.75 Å². The molecular formula is C26H43N3O4S. The lowest BCUT2D eigenvalue weighted by Gasteiger charge is -2.38. The number of nitrogens with one attached hydrogen (secondary N) is 2. The molecule has 0 aliphatic carbocycles. The van der Waals surface area contributed by atoms with Crippen molar-refractivity contribution in [2.45, 2.75) is 105 Å². The zero-order valence-corrected chi connectivity index (χ0v) is 23.1. The van der Waals surface area contributed by atoms with Crippen LogP contribution in [-0.2, 0) is 14.3 Å². The SMILES string of the molecule is CCCC(C)NC(=O)C(c1cc(C)ccc1C)N(C(=O)C(CS)NC(=O)OC(C)(C)C)C(C)C. The first-order valence-electron chi connectivity index (χ1n) is 12.0. The first-order chi connectivity index (χ1) is 15.7. The lowest BCUT2D eigenvalue weighted by Crippen LogP contribution is -2.56. The maximum Gasteiger partial charge on any atom is 0.408 e. The van der Waals surface area contributed by atoms with Gasteiger partial charge in [-0.15, -0.1) is 0 Å². The Hall–Kier alpha value is -2.22. The third-order valence-corrected chi connectivity index (χ3v) is 5.71. The highest BCUT2D eigenvalue weighted by Gasteiger charge is 2.38. The molecule has 0 heterocycles. The van der Waals surface area contributed by atoms with Gasteiger partial charge < -0.3 is 20.3 Å². The number of nitrogens with zero attached hydrogens (tertiary/aromatic N) is 1. The van der Waals surface area contributed by atoms with Crippen molar-refractivity contribution in [3.63, 3.8) is 0 Å². The third kappa shape index (κ3) is 8.85. The van der Waals surface area contributed by atoms with Crippen LogP contribution in [0.25, 0.3) is 0 Å². The predicted octanol–water partition coefficient (Wildman–Crippen LogP) is 4.71. The molecule has 2 N–H and O–H groups in total. The summed E-state index contributed by atoms with van der Waals surface area (Å²) in [5.74, 6) is -0.568. The van der Waals surface area contributed by atoms with Crippen molar-refractivity contribution < 1.29 is 19.1 Å². The van der Waals surface area contributed by atoms with Gasteiger partial charge in [-0.2, -0.15) is 12.6 Å². The molecule has 0 aliphatic heterocycles. The Kier molecular flexibility index (Phi) is 11.4. The lowest BCUT2D eigenvalue weighted by molar-refractivity contribution is -0.144. The van der Waals surface area contributed by atoms with E-state index in [2.05, 4.69) is 30.2 Å². The summed E-state index contributed by atoms with van der Waals surface area (Å²) in [6.45, 7) is 16.9. The summed E-state index contributed by atoms with van der Waals surface area (Å²) >= 11 is 4.31. The normalized spacial score (nSPS) is 14.2. The van der Waals surface area contributed by atoms with E-state index in [4.69, 9.17) is 4.74 Å². The number of thiol groups is 1. The predicted molar refractivity (Wildman–Crippen MR) is 140 cm³/mol. The highest BCUT2D eigenvalue weighted by Crippen LogP contribution is 2.29. The Morgan fingerprint density at radius 1 is 1.09 bits per heavy atom. The zero-order chi connectivity index (χ0) is 26.2. The van der Waals surface area contributed by atoms with E-state index >= 15 is 0 Å². The second-order valence-corrected chi connectivity index (χ2v) is 10.5. The fraction of sp³-hybridized carbons (Fsp3) is 0.654. The Morgan fingerprint density at radius 3 is 2.21 bits per heavy atom. The molecule has 0 saturated heterocycles. The van der Waals surface area contributed by atoms with Crippen LogP contribution >= 0.6 is 12.6 Å². The van der Waals surface area contributed by atoms with E-state index in [1.807, 2.05) is 52.8 Å². The van der Waals surface area contributed by atoms with Crippen molar-refractivity contribution in [3.8, 4) is 0 Å². The third-order valence-electron chi connectivity index (χ3n) is 5.35. The van der Waals surface area contributed by atoms with Gasteiger partial charge in [0.25, 0.3) is 0 Å². The molecule has 1 aromatic carbocycles. The molecule has 0 aromatic heterocycles. The smallest absolute Gasteiger partial charge is 0.408 e. The highest BCUT2D eigenvalue weighted by molar-refractivity contribution is 7.80. The molecule has 0 fully saturated rings. The van der Waals surface area contributed by atoms with Crippen molar-refractivity contribution in [1.82, 2.24) is 15.5 Å². The number of amides is 3. The van der Waals surface area contributed by atoms with Gasteiger partial charge in [0.1, 0.15) is 17.7 Å². The number of aryl methyl sites for hydroxylation is 2. The standard InChI is InChI=1S/C26H43N3O4S/c1-10-11-19(6)27-23(30)22(20-14-17(4)12-13-18(20)5)29(16(2)3)24(31)21(15-34)28-25(32)33-26(7,8)9/h12-14,16,19,21-22,34H,10-11,15H2,1-9H3,(H,27,30)(H,28,32). The van der Waals surface area contributed by atoms with E-state index in [0.717, 1.165) is 29.5 Å². The Morgan fingerprint density at radius 2 is 1.71 bits per heavy atom. The molecule has 0 radical (unpaired) electrons. The van der Waals surface area contributed by atoms with Gasteiger partial charge in [0.05, 0.1) is 0 Å². The molecule has 0 bridgehead atoms. The van der Waals surface area contributed by atoms with Gasteiger partial charge in [0, 0.05) is 17.8 Å². The molecule has 0 saturated carbocycles. The van der Waals surface area contributed by atoms with Crippen LogP contribution in [0.2, 0.25) is 0 Å². The highest BCUT2D eigenvalue weighted by atomic mass is 32.1. The number of ether oxygens (including phenoxy) is 1. The number of hydrogen-bond donors (Lipinski definition) is 3. The van der Waals surface area contributed by atoms with Crippen LogP contribution in [0.4, 0.5) is 4.79 Å². The number of benzene rings is 1. The largest absolute Gasteiger partial charge is 0.444 e. The summed E-state index contributed by atoms with van der Waals surface area (Å²) in [6, 6.07) is 3.74. The van der Waals surface area contributed by atoms with Gasteiger partial charge in [-0.3, -0.25) is 9.59 Å². The molecule has 3 unspecified atom stereocenters. The van der Waals surface area contributed by atoms with Crippen molar-refractivity contribution >= 4 is 30.5 Å². The molecule has 3 amide bonds. The Bertz CT molecular complexity index is 851. The molecule has 7 nitrogen and oxygen atoms in total. The topological polar surface area (TPSA) is 87.7 Å². The van der Waals surface area contributed by atoms with Crippen LogP contribution in [0.1, 0.15) is 84.0 Å². The second kappa shape index (κ2) is 13.0. The quantitative estimate of drug-likeness (QED) is 0.412. The summed E-state index contributed by atoms with van der Waals surface area (Å²) in [6.07, 6.45) is 1.07. The van der Waals surface area contributed by atoms with Crippen LogP contribution < -0.4 is 10.6 Å². The van der Waals surface area contributed by atoms with E-state index in [1.54, 1.807) is 25.7 Å². The average molecular weight is 494 g/mol. The minimum Gasteiger partial charge on any atom is -0.444 e. The molecule has 0 aliphatic rings. The fourth-order valence-electron chi connectivity index (χ4n) is 3.79. The van der Waals surface area contributed by atoms with Gasteiger partial charge in [0.15, 0.2) is 0 Å². The number of hydrogen-bond acceptors (Lipinski definition) is 5. The van der Waals surface area contributed by atoms with Crippen LogP contribution in [0, 0.1) is 13.8 Å². The maximum absolute atomic E-state index is 13.8. The number of alkyl carbamates (subject to hydrolysis) is 1. The van der Waals surface area contributed by atoms with Crippen LogP contribution in [0.5, 0.6) is 0 Å². The van der Waals surface area contributed by atoms with Gasteiger partial charge in [-0.25, -0.2) is 4.79 Å². The van der Waals surface area contributed by atoms with Gasteiger partial charge in [-0.05, 0) is 72.9 Å². The van der Waals surface area contributed by atoms with Gasteiger partial charge in [0.2, 0.25) is 11.8 Å². The average Bonchev–Trinajstić information content (AvgIpc) is 2.70. The second-order valence-electron chi connectivity index (χ2n) is 10.2. The van der Waals surface area contributed by atoms with Crippen molar-refractivity contribution in [1.29, 1.82) is 0 Å². The molecular weight excluding hydrogens is 450 g/mol. The maximum atomic E-state index is 13.8. The van der Waals surface area contributed by atoms with E-state index in [0.29, 0.717) is 0 Å². The van der Waals surface area contributed by atoms with Crippen LogP contribution in [-0.4, -0.2) is 52.3 Å². The van der Waals surface area contributed by atoms with E-state index in [-0.39, 0.29) is 29.7 Å². The first-order valence-corrected chi connectivity index (χ1v) is 12.6. The van der Waals surface area contributed by atoms with Crippen LogP contribution in [0.3, 0.4) is 0 Å². The number of rotatable bonds is 10. The summed E-state index contributed by atoms with van der Waals surface area (Å²) < 4.78 is 5.33. The molecule has 8 heteroatoms. The van der Waals surface area contributed by atoms with Crippen LogP contribution in [0.15, 0.2) is 18.2 Å². The first kappa shape index (κ1) is 29.8. The van der Waals surface area contributed by atoms with E-state index < -0.39 is 23.8 Å². The Balaban J connectivity index is 3.45. The molecule has 1 rings (SSSR count). The zero-order valence-electron chi connectivity index (χ0n) is 22.2.